The van der Waals surface area contributed by atoms with Gasteiger partial charge >= 0.3 is 0 Å². The first-order chi connectivity index (χ1) is 9.56. The van der Waals surface area contributed by atoms with E-state index in [0.717, 1.165) is 14.8 Å². The normalized spacial score (nSPS) is 20.6. The van der Waals surface area contributed by atoms with E-state index in [1.54, 1.807) is 23.5 Å². The quantitative estimate of drug-likeness (QED) is 0.939. The molecule has 20 heavy (non-hydrogen) atoms. The Morgan fingerprint density at radius 2 is 2.05 bits per heavy atom. The predicted molar refractivity (Wildman–Crippen MR) is 82.0 cm³/mol. The maximum absolute atomic E-state index is 12.1. The van der Waals surface area contributed by atoms with Crippen LogP contribution in [0.3, 0.4) is 0 Å². The molecule has 0 fully saturated rings. The average molecular weight is 328 g/mol. The summed E-state index contributed by atoms with van der Waals surface area (Å²) in [4.78, 5) is 1.62. The van der Waals surface area contributed by atoms with Crippen LogP contribution in [0.1, 0.15) is 22.9 Å². The van der Waals surface area contributed by atoms with Crippen molar-refractivity contribution in [3.05, 3.63) is 51.2 Å². The van der Waals surface area contributed by atoms with Crippen LogP contribution < -0.4 is 5.32 Å². The molecule has 6 heteroatoms. The Hall–Kier alpha value is -0.880. The second-order valence-electron chi connectivity index (χ2n) is 4.78. The summed E-state index contributed by atoms with van der Waals surface area (Å²) in [7, 11) is -3.11. The Bertz CT molecular complexity index is 724. The highest BCUT2D eigenvalue weighted by molar-refractivity contribution is 7.91. The summed E-state index contributed by atoms with van der Waals surface area (Å²) in [6.07, 6.45) is 0.610. The monoisotopic (exact) mass is 327 g/mol. The molecular formula is C14H14ClNO2S2. The molecule has 0 saturated heterocycles. The van der Waals surface area contributed by atoms with Crippen molar-refractivity contribution in [2.75, 3.05) is 5.75 Å². The molecule has 0 saturated carbocycles. The van der Waals surface area contributed by atoms with Gasteiger partial charge in [0.2, 0.25) is 0 Å². The molecule has 0 bridgehead atoms. The van der Waals surface area contributed by atoms with Gasteiger partial charge in [-0.3, -0.25) is 0 Å². The molecule has 1 N–H and O–H groups in total. The first-order valence-electron chi connectivity index (χ1n) is 6.35. The number of halogens is 1. The molecule has 3 rings (SSSR count). The summed E-state index contributed by atoms with van der Waals surface area (Å²) in [5, 5.41) is 3.43. The standard InChI is InChI=1S/C14H14ClNO2S2/c15-14-6-5-10(19-14)9-16-12-7-8-20(17,18)13-4-2-1-3-11(12)13/h1-6,12,16H,7-9H2. The molecule has 0 spiro atoms. The van der Waals surface area contributed by atoms with Crippen LogP contribution in [0.4, 0.5) is 0 Å². The van der Waals surface area contributed by atoms with Crippen molar-refractivity contribution in [3.8, 4) is 0 Å². The molecule has 1 aromatic carbocycles. The van der Waals surface area contributed by atoms with Gasteiger partial charge in [0.15, 0.2) is 9.84 Å². The van der Waals surface area contributed by atoms with Crippen molar-refractivity contribution in [2.24, 2.45) is 0 Å². The maximum atomic E-state index is 12.1. The molecule has 1 aliphatic heterocycles. The molecule has 3 nitrogen and oxygen atoms in total. The Labute approximate surface area is 127 Å². The van der Waals surface area contributed by atoms with E-state index >= 15 is 0 Å². The van der Waals surface area contributed by atoms with Crippen LogP contribution in [0.5, 0.6) is 0 Å². The van der Waals surface area contributed by atoms with Gasteiger partial charge < -0.3 is 5.32 Å². The van der Waals surface area contributed by atoms with Gasteiger partial charge in [0.1, 0.15) is 0 Å². The van der Waals surface area contributed by atoms with E-state index in [2.05, 4.69) is 5.32 Å². The SMILES string of the molecule is O=S1(=O)CCC(NCc2ccc(Cl)s2)c2ccccc21. The van der Waals surface area contributed by atoms with Crippen LogP contribution >= 0.6 is 22.9 Å². The molecule has 2 heterocycles. The third kappa shape index (κ3) is 2.76. The summed E-state index contributed by atoms with van der Waals surface area (Å²) < 4.78 is 24.9. The zero-order valence-electron chi connectivity index (χ0n) is 10.7. The number of hydrogen-bond donors (Lipinski definition) is 1. The van der Waals surface area contributed by atoms with E-state index in [-0.39, 0.29) is 11.8 Å². The minimum Gasteiger partial charge on any atom is -0.305 e. The van der Waals surface area contributed by atoms with Crippen LogP contribution in [0, 0.1) is 0 Å². The predicted octanol–water partition coefficient (Wildman–Crippen LogP) is 3.41. The molecule has 0 aliphatic carbocycles. The van der Waals surface area contributed by atoms with E-state index in [1.807, 2.05) is 24.3 Å². The fourth-order valence-corrected chi connectivity index (χ4v) is 5.13. The van der Waals surface area contributed by atoms with Crippen molar-refractivity contribution in [3.63, 3.8) is 0 Å². The Morgan fingerprint density at radius 1 is 1.25 bits per heavy atom. The van der Waals surface area contributed by atoms with E-state index < -0.39 is 9.84 Å². The average Bonchev–Trinajstić information content (AvgIpc) is 2.84. The first-order valence-corrected chi connectivity index (χ1v) is 9.20. The van der Waals surface area contributed by atoms with Crippen molar-refractivity contribution < 1.29 is 8.42 Å². The fraction of sp³-hybridized carbons (Fsp3) is 0.286. The number of hydrogen-bond acceptors (Lipinski definition) is 4. The van der Waals surface area contributed by atoms with Crippen LogP contribution in [0.25, 0.3) is 0 Å². The Balaban J connectivity index is 1.82. The van der Waals surface area contributed by atoms with E-state index in [0.29, 0.717) is 17.9 Å². The molecule has 0 radical (unpaired) electrons. The van der Waals surface area contributed by atoms with Gasteiger partial charge in [-0.1, -0.05) is 29.8 Å². The lowest BCUT2D eigenvalue weighted by atomic mass is 10.0. The number of rotatable bonds is 3. The summed E-state index contributed by atoms with van der Waals surface area (Å²) in [6.45, 7) is 0.705. The number of fused-ring (bicyclic) bond motifs is 1. The second-order valence-corrected chi connectivity index (χ2v) is 8.66. The Kier molecular flexibility index (Phi) is 3.86. The molecule has 1 aromatic heterocycles. The molecule has 1 atom stereocenters. The van der Waals surface area contributed by atoms with E-state index in [9.17, 15) is 8.42 Å². The minimum absolute atomic E-state index is 0.0793. The van der Waals surface area contributed by atoms with Crippen LogP contribution in [-0.2, 0) is 16.4 Å². The van der Waals surface area contributed by atoms with Crippen LogP contribution in [0.15, 0.2) is 41.3 Å². The van der Waals surface area contributed by atoms with Crippen molar-refractivity contribution in [1.29, 1.82) is 0 Å². The zero-order chi connectivity index (χ0) is 14.2. The lowest BCUT2D eigenvalue weighted by Crippen LogP contribution is -2.29. The summed E-state index contributed by atoms with van der Waals surface area (Å²) in [5.41, 5.74) is 0.876. The van der Waals surface area contributed by atoms with E-state index in [1.165, 1.54) is 0 Å². The molecule has 2 aromatic rings. The highest BCUT2D eigenvalue weighted by atomic mass is 35.5. The van der Waals surface area contributed by atoms with Gasteiger partial charge in [-0.2, -0.15) is 0 Å². The van der Waals surface area contributed by atoms with Gasteiger partial charge in [-0.15, -0.1) is 11.3 Å². The highest BCUT2D eigenvalue weighted by Gasteiger charge is 2.29. The molecular weight excluding hydrogens is 314 g/mol. The lowest BCUT2D eigenvalue weighted by Gasteiger charge is -2.26. The van der Waals surface area contributed by atoms with Crippen LogP contribution in [-0.4, -0.2) is 14.2 Å². The van der Waals surface area contributed by atoms with Crippen LogP contribution in [0.2, 0.25) is 4.34 Å². The Morgan fingerprint density at radius 3 is 2.80 bits per heavy atom. The van der Waals surface area contributed by atoms with Crippen molar-refractivity contribution in [1.82, 2.24) is 5.32 Å². The van der Waals surface area contributed by atoms with Gasteiger partial charge in [-0.05, 0) is 30.2 Å². The van der Waals surface area contributed by atoms with Gasteiger partial charge in [0.25, 0.3) is 0 Å². The van der Waals surface area contributed by atoms with Gasteiger partial charge in [-0.25, -0.2) is 8.42 Å². The number of benzene rings is 1. The second kappa shape index (κ2) is 5.48. The largest absolute Gasteiger partial charge is 0.305 e. The third-order valence-electron chi connectivity index (χ3n) is 3.46. The lowest BCUT2D eigenvalue weighted by molar-refractivity contribution is 0.493. The zero-order valence-corrected chi connectivity index (χ0v) is 13.1. The summed E-state index contributed by atoms with van der Waals surface area (Å²) in [5.74, 6) is 0.201. The molecule has 106 valence electrons. The third-order valence-corrected chi connectivity index (χ3v) is 6.50. The van der Waals surface area contributed by atoms with Crippen molar-refractivity contribution >= 4 is 32.8 Å². The number of thiophene rings is 1. The highest BCUT2D eigenvalue weighted by Crippen LogP contribution is 2.32. The van der Waals surface area contributed by atoms with E-state index in [4.69, 9.17) is 11.6 Å². The fourth-order valence-electron chi connectivity index (χ4n) is 2.47. The van der Waals surface area contributed by atoms with Gasteiger partial charge in [0.05, 0.1) is 15.0 Å². The first kappa shape index (κ1) is 14.1. The smallest absolute Gasteiger partial charge is 0.178 e. The number of nitrogens with one attached hydrogen (secondary N) is 1. The van der Waals surface area contributed by atoms with Gasteiger partial charge in [0, 0.05) is 17.5 Å². The number of sulfone groups is 1. The summed E-state index contributed by atoms with van der Waals surface area (Å²) in [6, 6.07) is 11.2. The summed E-state index contributed by atoms with van der Waals surface area (Å²) >= 11 is 7.45. The van der Waals surface area contributed by atoms with Crippen molar-refractivity contribution in [2.45, 2.75) is 23.9 Å². The molecule has 1 aliphatic rings. The molecule has 1 unspecified atom stereocenters. The maximum Gasteiger partial charge on any atom is 0.178 e. The minimum atomic E-state index is -3.11. The topological polar surface area (TPSA) is 46.2 Å². The molecule has 0 amide bonds.